The zero-order chi connectivity index (χ0) is 23.2. The predicted molar refractivity (Wildman–Crippen MR) is 115 cm³/mol. The topological polar surface area (TPSA) is 114 Å². The van der Waals surface area contributed by atoms with Gasteiger partial charge in [0.15, 0.2) is 11.5 Å². The van der Waals surface area contributed by atoms with Gasteiger partial charge in [0.25, 0.3) is 5.91 Å². The molecular formula is C22H23N3O7S. The number of imide groups is 1. The fourth-order valence-electron chi connectivity index (χ4n) is 4.17. The fourth-order valence-corrected chi connectivity index (χ4v) is 5.65. The van der Waals surface area contributed by atoms with Crippen molar-refractivity contribution >= 4 is 22.0 Å². The number of benzene rings is 2. The average molecular weight is 474 g/mol. The van der Waals surface area contributed by atoms with Gasteiger partial charge in [-0.15, -0.1) is 0 Å². The number of hydrogen-bond acceptors (Lipinski definition) is 7. The van der Waals surface area contributed by atoms with Gasteiger partial charge in [-0.1, -0.05) is 18.2 Å². The predicted octanol–water partition coefficient (Wildman–Crippen LogP) is 1.40. The van der Waals surface area contributed by atoms with Crippen LogP contribution in [0.3, 0.4) is 0 Å². The monoisotopic (exact) mass is 473 g/mol. The number of nitrogens with zero attached hydrogens (tertiary/aromatic N) is 2. The second kappa shape index (κ2) is 8.01. The van der Waals surface area contributed by atoms with Crippen LogP contribution < -0.4 is 14.8 Å². The molecule has 3 aliphatic heterocycles. The molecule has 0 aliphatic carbocycles. The Balaban J connectivity index is 1.38. The summed E-state index contributed by atoms with van der Waals surface area (Å²) in [6.07, 6.45) is 0. The summed E-state index contributed by atoms with van der Waals surface area (Å²) in [7, 11) is -3.69. The van der Waals surface area contributed by atoms with Gasteiger partial charge in [0, 0.05) is 13.1 Å². The van der Waals surface area contributed by atoms with Gasteiger partial charge in [-0.2, -0.15) is 4.31 Å². The minimum atomic E-state index is -3.69. The van der Waals surface area contributed by atoms with Gasteiger partial charge in [0.1, 0.15) is 5.54 Å². The Morgan fingerprint density at radius 1 is 1.03 bits per heavy atom. The standard InChI is InChI=1S/C22H23N3O7S/c1-22(16-5-6-18-19(12-16)32-14-31-18)20(26)25(21(27)23-22)13-15-3-2-4-17(11-15)33(28,29)24-7-9-30-10-8-24/h2-6,11-12H,7-10,13-14H2,1H3,(H,23,27)/t22-/m1/s1. The number of urea groups is 1. The average Bonchev–Trinajstić information content (AvgIpc) is 3.38. The fraction of sp³-hybridized carbons (Fsp3) is 0.364. The number of fused-ring (bicyclic) bond motifs is 1. The highest BCUT2D eigenvalue weighted by Crippen LogP contribution is 2.38. The number of hydrogen-bond donors (Lipinski definition) is 1. The lowest BCUT2D eigenvalue weighted by molar-refractivity contribution is -0.131. The van der Waals surface area contributed by atoms with Crippen molar-refractivity contribution in [3.05, 3.63) is 53.6 Å². The third-order valence-corrected chi connectivity index (χ3v) is 7.97. The number of morpholine rings is 1. The summed E-state index contributed by atoms with van der Waals surface area (Å²) in [6.45, 7) is 2.94. The molecule has 1 atom stereocenters. The summed E-state index contributed by atoms with van der Waals surface area (Å²) >= 11 is 0. The molecule has 2 aromatic rings. The number of rotatable bonds is 5. The van der Waals surface area contributed by atoms with Crippen molar-refractivity contribution in [3.63, 3.8) is 0 Å². The first-order valence-corrected chi connectivity index (χ1v) is 11.9. The van der Waals surface area contributed by atoms with Gasteiger partial charge in [0.05, 0.1) is 24.7 Å². The molecule has 2 aromatic carbocycles. The lowest BCUT2D eigenvalue weighted by atomic mass is 9.91. The molecule has 2 saturated heterocycles. The molecule has 0 radical (unpaired) electrons. The summed E-state index contributed by atoms with van der Waals surface area (Å²) in [5.74, 6) is 0.650. The van der Waals surface area contributed by atoms with E-state index < -0.39 is 27.5 Å². The van der Waals surface area contributed by atoms with Crippen LogP contribution in [-0.4, -0.2) is 62.7 Å². The zero-order valence-electron chi connectivity index (χ0n) is 17.9. The molecule has 3 heterocycles. The van der Waals surface area contributed by atoms with Gasteiger partial charge < -0.3 is 19.5 Å². The Morgan fingerprint density at radius 2 is 1.79 bits per heavy atom. The Morgan fingerprint density at radius 3 is 2.58 bits per heavy atom. The van der Waals surface area contributed by atoms with Crippen LogP contribution in [0.25, 0.3) is 0 Å². The molecule has 174 valence electrons. The second-order valence-corrected chi connectivity index (χ2v) is 10.1. The smallest absolute Gasteiger partial charge is 0.325 e. The van der Waals surface area contributed by atoms with E-state index in [2.05, 4.69) is 5.32 Å². The largest absolute Gasteiger partial charge is 0.454 e. The van der Waals surface area contributed by atoms with Crippen LogP contribution in [0.1, 0.15) is 18.1 Å². The molecule has 11 heteroatoms. The highest BCUT2D eigenvalue weighted by molar-refractivity contribution is 7.89. The molecule has 3 aliphatic rings. The molecule has 1 N–H and O–H groups in total. The molecule has 10 nitrogen and oxygen atoms in total. The van der Waals surface area contributed by atoms with E-state index in [1.54, 1.807) is 37.3 Å². The molecule has 0 spiro atoms. The van der Waals surface area contributed by atoms with E-state index in [0.717, 1.165) is 4.90 Å². The van der Waals surface area contributed by atoms with Crippen LogP contribution in [-0.2, 0) is 31.6 Å². The highest BCUT2D eigenvalue weighted by Gasteiger charge is 2.49. The van der Waals surface area contributed by atoms with E-state index in [9.17, 15) is 18.0 Å². The number of carbonyl (C=O) groups is 2. The number of amides is 3. The first-order chi connectivity index (χ1) is 15.8. The van der Waals surface area contributed by atoms with Crippen LogP contribution >= 0.6 is 0 Å². The molecule has 0 aromatic heterocycles. The number of carbonyl (C=O) groups excluding carboxylic acids is 2. The van der Waals surface area contributed by atoms with Gasteiger partial charge in [-0.05, 0) is 42.3 Å². The Labute approximate surface area is 191 Å². The quantitative estimate of drug-likeness (QED) is 0.653. The van der Waals surface area contributed by atoms with E-state index in [1.165, 1.54) is 16.4 Å². The summed E-state index contributed by atoms with van der Waals surface area (Å²) in [5.41, 5.74) is -0.186. The first kappa shape index (κ1) is 21.7. The minimum Gasteiger partial charge on any atom is -0.454 e. The van der Waals surface area contributed by atoms with Crippen molar-refractivity contribution in [2.24, 2.45) is 0 Å². The lowest BCUT2D eigenvalue weighted by Crippen LogP contribution is -2.41. The molecule has 0 bridgehead atoms. The summed E-state index contributed by atoms with van der Waals surface area (Å²) in [5, 5.41) is 2.76. The maximum atomic E-state index is 13.3. The zero-order valence-corrected chi connectivity index (χ0v) is 18.8. The molecular weight excluding hydrogens is 450 g/mol. The first-order valence-electron chi connectivity index (χ1n) is 10.5. The lowest BCUT2D eigenvalue weighted by Gasteiger charge is -2.26. The van der Waals surface area contributed by atoms with Crippen molar-refractivity contribution in [1.29, 1.82) is 0 Å². The Bertz CT molecular complexity index is 1230. The van der Waals surface area contributed by atoms with Crippen molar-refractivity contribution in [2.75, 3.05) is 33.1 Å². The number of nitrogens with one attached hydrogen (secondary N) is 1. The van der Waals surface area contributed by atoms with Crippen LogP contribution in [0.2, 0.25) is 0 Å². The van der Waals surface area contributed by atoms with Crippen molar-refractivity contribution in [2.45, 2.75) is 23.9 Å². The van der Waals surface area contributed by atoms with Crippen molar-refractivity contribution in [3.8, 4) is 11.5 Å². The van der Waals surface area contributed by atoms with Gasteiger partial charge in [0.2, 0.25) is 16.8 Å². The van der Waals surface area contributed by atoms with E-state index in [1.807, 2.05) is 0 Å². The second-order valence-electron chi connectivity index (χ2n) is 8.18. The van der Waals surface area contributed by atoms with Gasteiger partial charge >= 0.3 is 6.03 Å². The third kappa shape index (κ3) is 3.71. The normalized spacial score (nSPS) is 23.1. The molecule has 5 rings (SSSR count). The van der Waals surface area contributed by atoms with Crippen molar-refractivity contribution in [1.82, 2.24) is 14.5 Å². The molecule has 0 saturated carbocycles. The van der Waals surface area contributed by atoms with E-state index in [-0.39, 0.29) is 31.3 Å². The minimum absolute atomic E-state index is 0.0583. The maximum absolute atomic E-state index is 13.3. The molecule has 3 amide bonds. The van der Waals surface area contributed by atoms with Crippen LogP contribution in [0.4, 0.5) is 4.79 Å². The van der Waals surface area contributed by atoms with E-state index in [4.69, 9.17) is 14.2 Å². The van der Waals surface area contributed by atoms with Gasteiger partial charge in [-0.25, -0.2) is 13.2 Å². The van der Waals surface area contributed by atoms with Crippen LogP contribution in [0.5, 0.6) is 11.5 Å². The summed E-state index contributed by atoms with van der Waals surface area (Å²) in [6, 6.07) is 10.8. The van der Waals surface area contributed by atoms with Crippen LogP contribution in [0, 0.1) is 0 Å². The Hall–Kier alpha value is -3.15. The van der Waals surface area contributed by atoms with E-state index >= 15 is 0 Å². The molecule has 2 fully saturated rings. The summed E-state index contributed by atoms with van der Waals surface area (Å²) < 4.78 is 43.3. The van der Waals surface area contributed by atoms with Crippen molar-refractivity contribution < 1.29 is 32.2 Å². The summed E-state index contributed by atoms with van der Waals surface area (Å²) in [4.78, 5) is 27.2. The SMILES string of the molecule is C[C@]1(c2ccc3c(c2)OCO3)NC(=O)N(Cc2cccc(S(=O)(=O)N3CCOCC3)c2)C1=O. The maximum Gasteiger partial charge on any atom is 0.325 e. The third-order valence-electron chi connectivity index (χ3n) is 6.07. The highest BCUT2D eigenvalue weighted by atomic mass is 32.2. The number of ether oxygens (including phenoxy) is 3. The molecule has 0 unspecified atom stereocenters. The van der Waals surface area contributed by atoms with Crippen LogP contribution in [0.15, 0.2) is 47.4 Å². The number of sulfonamides is 1. The molecule has 33 heavy (non-hydrogen) atoms. The van der Waals surface area contributed by atoms with Gasteiger partial charge in [-0.3, -0.25) is 9.69 Å². The Kier molecular flexibility index (Phi) is 5.26. The van der Waals surface area contributed by atoms with E-state index in [0.29, 0.717) is 35.8 Å².